The molecule has 0 spiro atoms. The van der Waals surface area contributed by atoms with Gasteiger partial charge < -0.3 is 4.74 Å². The maximum atomic E-state index is 10.9. The summed E-state index contributed by atoms with van der Waals surface area (Å²) in [6.07, 6.45) is 3.36. The molecule has 4 heteroatoms. The van der Waals surface area contributed by atoms with Crippen molar-refractivity contribution in [1.29, 1.82) is 5.26 Å². The van der Waals surface area contributed by atoms with E-state index < -0.39 is 0 Å². The second-order valence-corrected chi connectivity index (χ2v) is 7.58. The molecule has 3 nitrogen and oxygen atoms in total. The standard InChI is InChI=1S/C21H21NO2S/c1-16(23)24-13-12-21(10-11-21)15-25-20-5-3-2-4-19(20)18-8-6-17(14-22)7-9-18/h2-9H,10-13,15H2,1H3. The van der Waals surface area contributed by atoms with E-state index in [1.54, 1.807) is 0 Å². The summed E-state index contributed by atoms with van der Waals surface area (Å²) in [5, 5.41) is 8.95. The Kier molecular flexibility index (Phi) is 5.45. The molecule has 0 saturated heterocycles. The third kappa shape index (κ3) is 4.64. The molecule has 1 aliphatic rings. The SMILES string of the molecule is CC(=O)OCCC1(CSc2ccccc2-c2ccc(C#N)cc2)CC1. The molecule has 0 unspecified atom stereocenters. The second kappa shape index (κ2) is 7.76. The van der Waals surface area contributed by atoms with Gasteiger partial charge in [0.2, 0.25) is 0 Å². The third-order valence-corrected chi connectivity index (χ3v) is 6.06. The number of rotatable bonds is 7. The zero-order valence-electron chi connectivity index (χ0n) is 14.3. The Morgan fingerprint density at radius 1 is 1.20 bits per heavy atom. The minimum absolute atomic E-state index is 0.199. The highest BCUT2D eigenvalue weighted by molar-refractivity contribution is 7.99. The van der Waals surface area contributed by atoms with Crippen LogP contribution in [0.5, 0.6) is 0 Å². The first kappa shape index (κ1) is 17.6. The van der Waals surface area contributed by atoms with Crippen LogP contribution in [0.4, 0.5) is 0 Å². The van der Waals surface area contributed by atoms with Crippen LogP contribution in [0.1, 0.15) is 31.7 Å². The number of nitrogens with zero attached hydrogens (tertiary/aromatic N) is 1. The summed E-state index contributed by atoms with van der Waals surface area (Å²) in [6, 6.07) is 18.3. The summed E-state index contributed by atoms with van der Waals surface area (Å²) in [4.78, 5) is 12.2. The van der Waals surface area contributed by atoms with Crippen molar-refractivity contribution in [2.24, 2.45) is 5.41 Å². The lowest BCUT2D eigenvalue weighted by Crippen LogP contribution is -2.10. The molecule has 0 amide bonds. The fourth-order valence-corrected chi connectivity index (χ4v) is 4.25. The summed E-state index contributed by atoms with van der Waals surface area (Å²) in [6.45, 7) is 1.98. The summed E-state index contributed by atoms with van der Waals surface area (Å²) in [5.74, 6) is 0.844. The van der Waals surface area contributed by atoms with E-state index in [-0.39, 0.29) is 5.97 Å². The van der Waals surface area contributed by atoms with Crippen LogP contribution in [0.15, 0.2) is 53.4 Å². The normalized spacial score (nSPS) is 14.6. The molecule has 2 aromatic rings. The van der Waals surface area contributed by atoms with E-state index in [0.29, 0.717) is 17.6 Å². The van der Waals surface area contributed by atoms with Crippen LogP contribution >= 0.6 is 11.8 Å². The molecule has 3 rings (SSSR count). The van der Waals surface area contributed by atoms with Crippen molar-refractivity contribution < 1.29 is 9.53 Å². The van der Waals surface area contributed by atoms with E-state index >= 15 is 0 Å². The molecule has 0 aromatic heterocycles. The number of esters is 1. The first-order valence-electron chi connectivity index (χ1n) is 8.48. The van der Waals surface area contributed by atoms with Crippen molar-refractivity contribution >= 4 is 17.7 Å². The average molecular weight is 351 g/mol. The fraction of sp³-hybridized carbons (Fsp3) is 0.333. The van der Waals surface area contributed by atoms with Gasteiger partial charge in [-0.15, -0.1) is 11.8 Å². The molecule has 0 heterocycles. The van der Waals surface area contributed by atoms with Gasteiger partial charge in [0.25, 0.3) is 0 Å². The molecule has 128 valence electrons. The predicted octanol–water partition coefficient (Wildman–Crippen LogP) is 5.05. The van der Waals surface area contributed by atoms with Gasteiger partial charge in [0.1, 0.15) is 0 Å². The van der Waals surface area contributed by atoms with Crippen LogP contribution < -0.4 is 0 Å². The van der Waals surface area contributed by atoms with E-state index in [1.165, 1.54) is 30.2 Å². The van der Waals surface area contributed by atoms with Crippen molar-refractivity contribution in [2.75, 3.05) is 12.4 Å². The molecule has 0 radical (unpaired) electrons. The third-order valence-electron chi connectivity index (χ3n) is 4.64. The summed E-state index contributed by atoms with van der Waals surface area (Å²) >= 11 is 1.87. The Labute approximate surface area is 153 Å². The Hall–Kier alpha value is -2.25. The van der Waals surface area contributed by atoms with Crippen LogP contribution in [0.3, 0.4) is 0 Å². The lowest BCUT2D eigenvalue weighted by molar-refractivity contribution is -0.141. The van der Waals surface area contributed by atoms with Crippen molar-refractivity contribution in [1.82, 2.24) is 0 Å². The molecule has 0 atom stereocenters. The number of hydrogen-bond donors (Lipinski definition) is 0. The quantitative estimate of drug-likeness (QED) is 0.517. The first-order valence-corrected chi connectivity index (χ1v) is 9.46. The van der Waals surface area contributed by atoms with Crippen LogP contribution in [-0.2, 0) is 9.53 Å². The highest BCUT2D eigenvalue weighted by Gasteiger charge is 2.42. The molecular formula is C21H21NO2S. The van der Waals surface area contributed by atoms with Gasteiger partial charge in [-0.05, 0) is 54.0 Å². The van der Waals surface area contributed by atoms with E-state index in [2.05, 4.69) is 24.3 Å². The number of carbonyl (C=O) groups excluding carboxylic acids is 1. The molecule has 0 aliphatic heterocycles. The minimum Gasteiger partial charge on any atom is -0.466 e. The fourth-order valence-electron chi connectivity index (χ4n) is 2.84. The molecule has 1 fully saturated rings. The number of carbonyl (C=O) groups is 1. The monoisotopic (exact) mass is 351 g/mol. The van der Waals surface area contributed by atoms with Gasteiger partial charge in [-0.3, -0.25) is 4.79 Å². The van der Waals surface area contributed by atoms with Gasteiger partial charge in [-0.1, -0.05) is 30.3 Å². The molecule has 2 aromatic carbocycles. The van der Waals surface area contributed by atoms with E-state index in [9.17, 15) is 4.79 Å². The highest BCUT2D eigenvalue weighted by atomic mass is 32.2. The predicted molar refractivity (Wildman–Crippen MR) is 100 cm³/mol. The zero-order chi connectivity index (χ0) is 17.7. The van der Waals surface area contributed by atoms with Gasteiger partial charge in [0.05, 0.1) is 18.2 Å². The lowest BCUT2D eigenvalue weighted by Gasteiger charge is -2.16. The number of nitriles is 1. The van der Waals surface area contributed by atoms with Crippen LogP contribution in [0, 0.1) is 16.7 Å². The van der Waals surface area contributed by atoms with Gasteiger partial charge in [0.15, 0.2) is 0 Å². The number of hydrogen-bond acceptors (Lipinski definition) is 4. The second-order valence-electron chi connectivity index (χ2n) is 6.56. The molecule has 1 aliphatic carbocycles. The van der Waals surface area contributed by atoms with Crippen LogP contribution in [0.25, 0.3) is 11.1 Å². The Morgan fingerprint density at radius 2 is 1.92 bits per heavy atom. The van der Waals surface area contributed by atoms with Crippen molar-refractivity contribution in [2.45, 2.75) is 31.1 Å². The van der Waals surface area contributed by atoms with Crippen LogP contribution in [-0.4, -0.2) is 18.3 Å². The first-order chi connectivity index (χ1) is 12.1. The van der Waals surface area contributed by atoms with Gasteiger partial charge in [-0.25, -0.2) is 0 Å². The number of benzene rings is 2. The maximum absolute atomic E-state index is 10.9. The summed E-state index contributed by atoms with van der Waals surface area (Å²) in [5.41, 5.74) is 3.33. The molecule has 0 bridgehead atoms. The highest BCUT2D eigenvalue weighted by Crippen LogP contribution is 2.52. The molecule has 0 N–H and O–H groups in total. The lowest BCUT2D eigenvalue weighted by atomic mass is 10.0. The van der Waals surface area contributed by atoms with Gasteiger partial charge in [0, 0.05) is 17.6 Å². The van der Waals surface area contributed by atoms with Crippen molar-refractivity contribution in [3.63, 3.8) is 0 Å². The number of thioether (sulfide) groups is 1. The van der Waals surface area contributed by atoms with Crippen molar-refractivity contribution in [3.8, 4) is 17.2 Å². The Morgan fingerprint density at radius 3 is 2.56 bits per heavy atom. The smallest absolute Gasteiger partial charge is 0.302 e. The average Bonchev–Trinajstić information content (AvgIpc) is 3.40. The van der Waals surface area contributed by atoms with E-state index in [4.69, 9.17) is 10.00 Å². The Balaban J connectivity index is 1.67. The number of ether oxygens (including phenoxy) is 1. The van der Waals surface area contributed by atoms with Gasteiger partial charge >= 0.3 is 5.97 Å². The van der Waals surface area contributed by atoms with E-state index in [1.807, 2.05) is 42.1 Å². The topological polar surface area (TPSA) is 50.1 Å². The van der Waals surface area contributed by atoms with Gasteiger partial charge in [-0.2, -0.15) is 5.26 Å². The zero-order valence-corrected chi connectivity index (χ0v) is 15.1. The van der Waals surface area contributed by atoms with Crippen LogP contribution in [0.2, 0.25) is 0 Å². The van der Waals surface area contributed by atoms with Crippen molar-refractivity contribution in [3.05, 3.63) is 54.1 Å². The molecule has 25 heavy (non-hydrogen) atoms. The largest absolute Gasteiger partial charge is 0.466 e. The molecule has 1 saturated carbocycles. The Bertz CT molecular complexity index is 788. The van der Waals surface area contributed by atoms with E-state index in [0.717, 1.165) is 17.7 Å². The minimum atomic E-state index is -0.199. The summed E-state index contributed by atoms with van der Waals surface area (Å²) < 4.78 is 5.11. The maximum Gasteiger partial charge on any atom is 0.302 e. The summed E-state index contributed by atoms with van der Waals surface area (Å²) in [7, 11) is 0. The molecular weight excluding hydrogens is 330 g/mol.